The Labute approximate surface area is 120 Å². The Hall–Kier alpha value is -0.770. The van der Waals surface area contributed by atoms with Gasteiger partial charge in [0.1, 0.15) is 0 Å². The molecule has 1 heterocycles. The molecule has 94 valence electrons. The van der Waals surface area contributed by atoms with E-state index in [1.165, 1.54) is 11.3 Å². The lowest BCUT2D eigenvalue weighted by Gasteiger charge is -2.21. The van der Waals surface area contributed by atoms with E-state index < -0.39 is 0 Å². The fraction of sp³-hybridized carbons (Fsp3) is 0.286. The zero-order chi connectivity index (χ0) is 12.7. The van der Waals surface area contributed by atoms with Crippen molar-refractivity contribution in [2.75, 3.05) is 0 Å². The third-order valence-corrected chi connectivity index (χ3v) is 4.75. The van der Waals surface area contributed by atoms with E-state index in [9.17, 15) is 0 Å². The van der Waals surface area contributed by atoms with Crippen molar-refractivity contribution in [1.29, 1.82) is 0 Å². The zero-order valence-corrected chi connectivity index (χ0v) is 12.2. The monoisotopic (exact) mass is 324 g/mol. The maximum atomic E-state index is 6.15. The van der Waals surface area contributed by atoms with Crippen LogP contribution in [0.25, 0.3) is 5.69 Å². The van der Waals surface area contributed by atoms with Gasteiger partial charge in [0.25, 0.3) is 0 Å². The molecule has 0 fully saturated rings. The van der Waals surface area contributed by atoms with Crippen molar-refractivity contribution < 1.29 is 0 Å². The van der Waals surface area contributed by atoms with Gasteiger partial charge in [-0.05, 0) is 65.0 Å². The molecular formula is C14H14BrClN2. The second-order valence-corrected chi connectivity index (χ2v) is 5.95. The van der Waals surface area contributed by atoms with Crippen LogP contribution in [-0.2, 0) is 6.42 Å². The van der Waals surface area contributed by atoms with Gasteiger partial charge in [-0.3, -0.25) is 0 Å². The lowest BCUT2D eigenvalue weighted by atomic mass is 9.93. The Morgan fingerprint density at radius 3 is 2.94 bits per heavy atom. The van der Waals surface area contributed by atoms with Crippen LogP contribution in [0.1, 0.15) is 30.1 Å². The van der Waals surface area contributed by atoms with E-state index in [-0.39, 0.29) is 6.04 Å². The molecule has 1 unspecified atom stereocenters. The number of hydrogen-bond acceptors (Lipinski definition) is 1. The molecule has 2 nitrogen and oxygen atoms in total. The van der Waals surface area contributed by atoms with Gasteiger partial charge in [0, 0.05) is 28.1 Å². The van der Waals surface area contributed by atoms with Crippen molar-refractivity contribution in [3.05, 3.63) is 51.2 Å². The molecule has 0 aliphatic heterocycles. The number of hydrogen-bond donors (Lipinski definition) is 1. The van der Waals surface area contributed by atoms with Crippen LogP contribution in [0.15, 0.2) is 34.9 Å². The van der Waals surface area contributed by atoms with Gasteiger partial charge in [-0.1, -0.05) is 11.6 Å². The lowest BCUT2D eigenvalue weighted by molar-refractivity contribution is 0.560. The fourth-order valence-corrected chi connectivity index (χ4v) is 3.09. The molecule has 0 spiro atoms. The molecule has 0 saturated heterocycles. The van der Waals surface area contributed by atoms with Crippen LogP contribution in [0, 0.1) is 0 Å². The van der Waals surface area contributed by atoms with Crippen molar-refractivity contribution in [2.24, 2.45) is 5.73 Å². The Balaban J connectivity index is 2.09. The molecule has 0 amide bonds. The number of nitrogens with two attached hydrogens (primary N) is 1. The highest BCUT2D eigenvalue weighted by Gasteiger charge is 2.20. The Bertz CT molecular complexity index is 591. The molecule has 0 saturated carbocycles. The SMILES string of the molecule is NC1CCCc2c1ccn2-c1ccc(Cl)c(Br)c1. The smallest absolute Gasteiger partial charge is 0.0549 e. The van der Waals surface area contributed by atoms with Gasteiger partial charge in [0.05, 0.1) is 5.02 Å². The number of halogens is 2. The van der Waals surface area contributed by atoms with Gasteiger partial charge in [-0.2, -0.15) is 0 Å². The third kappa shape index (κ3) is 2.00. The van der Waals surface area contributed by atoms with Gasteiger partial charge in [-0.15, -0.1) is 0 Å². The van der Waals surface area contributed by atoms with Crippen LogP contribution < -0.4 is 5.73 Å². The first kappa shape index (κ1) is 12.3. The summed E-state index contributed by atoms with van der Waals surface area (Å²) in [4.78, 5) is 0. The van der Waals surface area contributed by atoms with Crippen LogP contribution in [0.2, 0.25) is 5.02 Å². The molecule has 2 N–H and O–H groups in total. The summed E-state index contributed by atoms with van der Waals surface area (Å²) in [5.41, 5.74) is 9.90. The summed E-state index contributed by atoms with van der Waals surface area (Å²) in [6.45, 7) is 0. The van der Waals surface area contributed by atoms with Gasteiger partial charge >= 0.3 is 0 Å². The number of rotatable bonds is 1. The summed E-state index contributed by atoms with van der Waals surface area (Å²) in [6, 6.07) is 8.32. The average molecular weight is 326 g/mol. The minimum atomic E-state index is 0.186. The average Bonchev–Trinajstić information content (AvgIpc) is 2.78. The number of aromatic nitrogens is 1. The molecule has 1 aromatic carbocycles. The molecule has 4 heteroatoms. The van der Waals surface area contributed by atoms with Gasteiger partial charge < -0.3 is 10.3 Å². The quantitative estimate of drug-likeness (QED) is 0.836. The highest BCUT2D eigenvalue weighted by atomic mass is 79.9. The molecule has 1 aliphatic rings. The summed E-state index contributed by atoms with van der Waals surface area (Å²) in [7, 11) is 0. The maximum absolute atomic E-state index is 6.15. The number of benzene rings is 1. The van der Waals surface area contributed by atoms with E-state index in [0.717, 1.165) is 34.4 Å². The number of nitrogens with zero attached hydrogens (tertiary/aromatic N) is 1. The minimum absolute atomic E-state index is 0.186. The fourth-order valence-electron chi connectivity index (χ4n) is 2.60. The predicted octanol–water partition coefficient (Wildman–Crippen LogP) is 4.23. The molecule has 18 heavy (non-hydrogen) atoms. The second kappa shape index (κ2) is 4.72. The summed E-state index contributed by atoms with van der Waals surface area (Å²) < 4.78 is 3.14. The van der Waals surface area contributed by atoms with Crippen LogP contribution in [0.3, 0.4) is 0 Å². The van der Waals surface area contributed by atoms with Gasteiger partial charge in [0.15, 0.2) is 0 Å². The maximum Gasteiger partial charge on any atom is 0.0549 e. The normalized spacial score (nSPS) is 18.7. The predicted molar refractivity (Wildman–Crippen MR) is 78.3 cm³/mol. The number of fused-ring (bicyclic) bond motifs is 1. The molecule has 1 atom stereocenters. The van der Waals surface area contributed by atoms with Crippen molar-refractivity contribution >= 4 is 27.5 Å². The molecule has 3 rings (SSSR count). The summed E-state index contributed by atoms with van der Waals surface area (Å²) >= 11 is 9.50. The van der Waals surface area contributed by atoms with Crippen molar-refractivity contribution in [1.82, 2.24) is 4.57 Å². The highest BCUT2D eigenvalue weighted by Crippen LogP contribution is 2.32. The first-order chi connectivity index (χ1) is 8.66. The van der Waals surface area contributed by atoms with Gasteiger partial charge in [0.2, 0.25) is 0 Å². The van der Waals surface area contributed by atoms with Crippen molar-refractivity contribution in [2.45, 2.75) is 25.3 Å². The second-order valence-electron chi connectivity index (χ2n) is 4.68. The molecule has 0 bridgehead atoms. The first-order valence-corrected chi connectivity index (χ1v) is 7.25. The molecule has 1 aliphatic carbocycles. The topological polar surface area (TPSA) is 30.9 Å². The largest absolute Gasteiger partial charge is 0.324 e. The van der Waals surface area contributed by atoms with Crippen LogP contribution in [-0.4, -0.2) is 4.57 Å². The van der Waals surface area contributed by atoms with E-state index >= 15 is 0 Å². The van der Waals surface area contributed by atoms with Crippen LogP contribution >= 0.6 is 27.5 Å². The van der Waals surface area contributed by atoms with E-state index in [2.05, 4.69) is 32.8 Å². The third-order valence-electron chi connectivity index (χ3n) is 3.54. The summed E-state index contributed by atoms with van der Waals surface area (Å²) in [5, 5.41) is 0.733. The van der Waals surface area contributed by atoms with E-state index in [4.69, 9.17) is 17.3 Å². The highest BCUT2D eigenvalue weighted by molar-refractivity contribution is 9.10. The molecular weight excluding hydrogens is 312 g/mol. The zero-order valence-electron chi connectivity index (χ0n) is 9.87. The molecule has 1 aromatic heterocycles. The Morgan fingerprint density at radius 2 is 2.17 bits per heavy atom. The molecule has 0 radical (unpaired) electrons. The van der Waals surface area contributed by atoms with E-state index in [1.54, 1.807) is 0 Å². The van der Waals surface area contributed by atoms with Crippen molar-refractivity contribution in [3.8, 4) is 5.69 Å². The molecule has 2 aromatic rings. The first-order valence-electron chi connectivity index (χ1n) is 6.08. The van der Waals surface area contributed by atoms with E-state index in [1.807, 2.05) is 18.2 Å². The lowest BCUT2D eigenvalue weighted by Crippen LogP contribution is -2.17. The van der Waals surface area contributed by atoms with Crippen molar-refractivity contribution in [3.63, 3.8) is 0 Å². The standard InChI is InChI=1S/C14H14BrClN2/c15-11-8-9(4-5-12(11)16)18-7-6-10-13(17)2-1-3-14(10)18/h4-8,13H,1-3,17H2. The van der Waals surface area contributed by atoms with Crippen LogP contribution in [0.5, 0.6) is 0 Å². The van der Waals surface area contributed by atoms with Crippen LogP contribution in [0.4, 0.5) is 0 Å². The summed E-state index contributed by atoms with van der Waals surface area (Å²) in [6.07, 6.45) is 5.44. The summed E-state index contributed by atoms with van der Waals surface area (Å²) in [5.74, 6) is 0. The minimum Gasteiger partial charge on any atom is -0.324 e. The Morgan fingerprint density at radius 1 is 1.33 bits per heavy atom. The Kier molecular flexibility index (Phi) is 3.22. The van der Waals surface area contributed by atoms with Gasteiger partial charge in [-0.25, -0.2) is 0 Å². The van der Waals surface area contributed by atoms with E-state index in [0.29, 0.717) is 0 Å².